The molecule has 0 unspecified atom stereocenters. The van der Waals surface area contributed by atoms with Gasteiger partial charge in [0.2, 0.25) is 0 Å². The smallest absolute Gasteiger partial charge is 0.349 e. The van der Waals surface area contributed by atoms with Crippen LogP contribution in [0, 0.1) is 6.92 Å². The number of aromatic nitrogens is 2. The molecule has 0 amide bonds. The van der Waals surface area contributed by atoms with Crippen LogP contribution in [0.25, 0.3) is 0 Å². The zero-order valence-electron chi connectivity index (χ0n) is 9.64. The third kappa shape index (κ3) is 2.68. The van der Waals surface area contributed by atoms with Crippen LogP contribution in [0.15, 0.2) is 24.5 Å². The molecule has 0 atom stereocenters. The molecule has 0 spiro atoms. The number of esters is 1. The maximum atomic E-state index is 11.4. The van der Waals surface area contributed by atoms with E-state index < -0.39 is 0 Å². The summed E-state index contributed by atoms with van der Waals surface area (Å²) in [6, 6.07) is 3.88. The Labute approximate surface area is 103 Å². The van der Waals surface area contributed by atoms with E-state index in [2.05, 4.69) is 9.97 Å². The normalized spacial score (nSPS) is 10.2. The van der Waals surface area contributed by atoms with Crippen molar-refractivity contribution < 1.29 is 9.53 Å². The molecule has 2 aromatic heterocycles. The fraction of sp³-hybridized carbons (Fsp3) is 0.250. The molecule has 17 heavy (non-hydrogen) atoms. The molecule has 4 nitrogen and oxygen atoms in total. The van der Waals surface area contributed by atoms with Crippen molar-refractivity contribution in [1.82, 2.24) is 9.97 Å². The minimum atomic E-state index is -0.319. The van der Waals surface area contributed by atoms with Crippen molar-refractivity contribution in [2.45, 2.75) is 13.3 Å². The standard InChI is InChI=1S/C12H12N2O2S/c1-8-11(12(15)16-2)17-10(14-8)7-9-3-5-13-6-4-9/h3-6H,7H2,1-2H3. The number of ether oxygens (including phenoxy) is 1. The molecule has 2 rings (SSSR count). The first-order valence-electron chi connectivity index (χ1n) is 5.14. The summed E-state index contributed by atoms with van der Waals surface area (Å²) in [4.78, 5) is 20.4. The molecule has 0 aliphatic carbocycles. The predicted octanol–water partition coefficient (Wildman–Crippen LogP) is 2.22. The van der Waals surface area contributed by atoms with Crippen molar-refractivity contribution in [3.63, 3.8) is 0 Å². The van der Waals surface area contributed by atoms with Crippen molar-refractivity contribution in [2.24, 2.45) is 0 Å². The van der Waals surface area contributed by atoms with E-state index in [0.29, 0.717) is 11.3 Å². The summed E-state index contributed by atoms with van der Waals surface area (Å²) in [7, 11) is 1.38. The van der Waals surface area contributed by atoms with Crippen LogP contribution in [0.3, 0.4) is 0 Å². The number of hydrogen-bond acceptors (Lipinski definition) is 5. The van der Waals surface area contributed by atoms with Crippen molar-refractivity contribution in [1.29, 1.82) is 0 Å². The largest absolute Gasteiger partial charge is 0.465 e. The van der Waals surface area contributed by atoms with E-state index in [1.165, 1.54) is 18.4 Å². The second-order valence-corrected chi connectivity index (χ2v) is 4.63. The van der Waals surface area contributed by atoms with Gasteiger partial charge in [-0.05, 0) is 24.6 Å². The fourth-order valence-electron chi connectivity index (χ4n) is 1.49. The minimum Gasteiger partial charge on any atom is -0.465 e. The van der Waals surface area contributed by atoms with Gasteiger partial charge >= 0.3 is 5.97 Å². The summed E-state index contributed by atoms with van der Waals surface area (Å²) in [5.41, 5.74) is 1.86. The van der Waals surface area contributed by atoms with E-state index in [1.54, 1.807) is 12.4 Å². The Morgan fingerprint density at radius 3 is 2.76 bits per heavy atom. The van der Waals surface area contributed by atoms with Crippen LogP contribution in [0.1, 0.15) is 25.9 Å². The maximum Gasteiger partial charge on any atom is 0.349 e. The van der Waals surface area contributed by atoms with Crippen LogP contribution in [-0.2, 0) is 11.2 Å². The van der Waals surface area contributed by atoms with Gasteiger partial charge in [-0.2, -0.15) is 0 Å². The lowest BCUT2D eigenvalue weighted by atomic mass is 10.2. The van der Waals surface area contributed by atoms with Gasteiger partial charge in [0.1, 0.15) is 4.88 Å². The van der Waals surface area contributed by atoms with E-state index in [-0.39, 0.29) is 5.97 Å². The van der Waals surface area contributed by atoms with E-state index in [9.17, 15) is 4.79 Å². The zero-order chi connectivity index (χ0) is 12.3. The highest BCUT2D eigenvalue weighted by Gasteiger charge is 2.15. The number of pyridine rings is 1. The van der Waals surface area contributed by atoms with Gasteiger partial charge in [0.15, 0.2) is 0 Å². The Kier molecular flexibility index (Phi) is 3.49. The van der Waals surface area contributed by atoms with Gasteiger partial charge in [-0.15, -0.1) is 11.3 Å². The Morgan fingerprint density at radius 2 is 2.12 bits per heavy atom. The molecule has 0 saturated heterocycles. The third-order valence-electron chi connectivity index (χ3n) is 2.32. The highest BCUT2D eigenvalue weighted by molar-refractivity contribution is 7.13. The fourth-order valence-corrected chi connectivity index (χ4v) is 2.50. The maximum absolute atomic E-state index is 11.4. The van der Waals surface area contributed by atoms with Crippen LogP contribution >= 0.6 is 11.3 Å². The summed E-state index contributed by atoms with van der Waals surface area (Å²) in [5, 5.41) is 0.911. The SMILES string of the molecule is COC(=O)c1sc(Cc2ccncc2)nc1C. The summed E-state index contributed by atoms with van der Waals surface area (Å²) in [5.74, 6) is -0.319. The number of thiazole rings is 1. The number of rotatable bonds is 3. The molecule has 0 aromatic carbocycles. The molecule has 2 aromatic rings. The lowest BCUT2D eigenvalue weighted by Crippen LogP contribution is -1.99. The highest BCUT2D eigenvalue weighted by atomic mass is 32.1. The number of carbonyl (C=O) groups excluding carboxylic acids is 1. The van der Waals surface area contributed by atoms with Gasteiger partial charge in [0.05, 0.1) is 17.8 Å². The molecule has 2 heterocycles. The van der Waals surface area contributed by atoms with Crippen LogP contribution in [0.5, 0.6) is 0 Å². The number of methoxy groups -OCH3 is 1. The first-order chi connectivity index (χ1) is 8.20. The molecular weight excluding hydrogens is 236 g/mol. The summed E-state index contributed by atoms with van der Waals surface area (Å²) >= 11 is 1.38. The first-order valence-corrected chi connectivity index (χ1v) is 5.96. The van der Waals surface area contributed by atoms with Crippen molar-refractivity contribution in [2.75, 3.05) is 7.11 Å². The van der Waals surface area contributed by atoms with Crippen molar-refractivity contribution in [3.8, 4) is 0 Å². The molecule has 88 valence electrons. The molecule has 0 bridgehead atoms. The molecule has 0 aliphatic rings. The molecule has 0 fully saturated rings. The van der Waals surface area contributed by atoms with E-state index in [0.717, 1.165) is 16.3 Å². The number of carbonyl (C=O) groups is 1. The number of nitrogens with zero attached hydrogens (tertiary/aromatic N) is 2. The summed E-state index contributed by atoms with van der Waals surface area (Å²) < 4.78 is 4.70. The second kappa shape index (κ2) is 5.05. The van der Waals surface area contributed by atoms with Gasteiger partial charge in [0.25, 0.3) is 0 Å². The molecular formula is C12H12N2O2S. The van der Waals surface area contributed by atoms with Gasteiger partial charge in [-0.1, -0.05) is 0 Å². The average molecular weight is 248 g/mol. The van der Waals surface area contributed by atoms with Crippen molar-refractivity contribution >= 4 is 17.3 Å². The van der Waals surface area contributed by atoms with Crippen LogP contribution < -0.4 is 0 Å². The summed E-state index contributed by atoms with van der Waals surface area (Å²) in [6.45, 7) is 1.82. The molecule has 5 heteroatoms. The lowest BCUT2D eigenvalue weighted by Gasteiger charge is -1.95. The molecule has 0 radical (unpaired) electrons. The van der Waals surface area contributed by atoms with Crippen LogP contribution in [-0.4, -0.2) is 23.0 Å². The molecule has 0 aliphatic heterocycles. The van der Waals surface area contributed by atoms with Crippen LogP contribution in [0.4, 0.5) is 0 Å². The topological polar surface area (TPSA) is 52.1 Å². The van der Waals surface area contributed by atoms with Gasteiger partial charge in [-0.3, -0.25) is 4.98 Å². The predicted molar refractivity (Wildman–Crippen MR) is 65.2 cm³/mol. The minimum absolute atomic E-state index is 0.319. The Hall–Kier alpha value is -1.75. The number of aryl methyl sites for hydroxylation is 1. The number of hydrogen-bond donors (Lipinski definition) is 0. The Morgan fingerprint density at radius 1 is 1.41 bits per heavy atom. The van der Waals surface area contributed by atoms with E-state index in [4.69, 9.17) is 4.74 Å². The van der Waals surface area contributed by atoms with Crippen molar-refractivity contribution in [3.05, 3.63) is 45.7 Å². The van der Waals surface area contributed by atoms with E-state index >= 15 is 0 Å². The molecule has 0 saturated carbocycles. The van der Waals surface area contributed by atoms with Gasteiger partial charge in [-0.25, -0.2) is 9.78 Å². The Bertz CT molecular complexity index is 523. The second-order valence-electron chi connectivity index (χ2n) is 3.55. The van der Waals surface area contributed by atoms with E-state index in [1.807, 2.05) is 19.1 Å². The molecule has 0 N–H and O–H groups in total. The third-order valence-corrected chi connectivity index (χ3v) is 3.45. The quantitative estimate of drug-likeness (QED) is 0.781. The van der Waals surface area contributed by atoms with Gasteiger partial charge < -0.3 is 4.74 Å². The Balaban J connectivity index is 2.21. The zero-order valence-corrected chi connectivity index (χ0v) is 10.5. The van der Waals surface area contributed by atoms with Gasteiger partial charge in [0, 0.05) is 18.8 Å². The summed E-state index contributed by atoms with van der Waals surface area (Å²) in [6.07, 6.45) is 4.21. The van der Waals surface area contributed by atoms with Crippen LogP contribution in [0.2, 0.25) is 0 Å². The lowest BCUT2D eigenvalue weighted by molar-refractivity contribution is 0.0605. The highest BCUT2D eigenvalue weighted by Crippen LogP contribution is 2.21. The average Bonchev–Trinajstić information content (AvgIpc) is 2.70. The first kappa shape index (κ1) is 11.7. The monoisotopic (exact) mass is 248 g/mol.